The Labute approximate surface area is 114 Å². The van der Waals surface area contributed by atoms with Crippen LogP contribution in [0.4, 0.5) is 0 Å². The second-order valence-electron chi connectivity index (χ2n) is 5.06. The van der Waals surface area contributed by atoms with Crippen LogP contribution in [0.3, 0.4) is 0 Å². The van der Waals surface area contributed by atoms with Crippen LogP contribution in [-0.2, 0) is 14.3 Å². The van der Waals surface area contributed by atoms with Gasteiger partial charge < -0.3 is 25.0 Å². The van der Waals surface area contributed by atoms with Crippen molar-refractivity contribution < 1.29 is 24.5 Å². The predicted octanol–water partition coefficient (Wildman–Crippen LogP) is 0.163. The van der Waals surface area contributed by atoms with E-state index in [1.165, 1.54) is 0 Å². The summed E-state index contributed by atoms with van der Waals surface area (Å²) in [5.41, 5.74) is 0. The first-order valence-corrected chi connectivity index (χ1v) is 6.87. The maximum atomic E-state index is 11.5. The van der Waals surface area contributed by atoms with Gasteiger partial charge >= 0.3 is 0 Å². The predicted molar refractivity (Wildman–Crippen MR) is 69.4 cm³/mol. The van der Waals surface area contributed by atoms with Gasteiger partial charge in [-0.1, -0.05) is 13.8 Å². The molecule has 19 heavy (non-hydrogen) atoms. The van der Waals surface area contributed by atoms with Crippen LogP contribution >= 0.6 is 0 Å². The van der Waals surface area contributed by atoms with Crippen LogP contribution in [-0.4, -0.2) is 52.9 Å². The fourth-order valence-electron chi connectivity index (χ4n) is 2.09. The highest BCUT2D eigenvalue weighted by Gasteiger charge is 2.45. The second-order valence-corrected chi connectivity index (χ2v) is 5.06. The summed E-state index contributed by atoms with van der Waals surface area (Å²) in [6, 6.07) is -0.757. The Balaban J connectivity index is 2.83. The minimum Gasteiger partial charge on any atom is -0.388 e. The largest absolute Gasteiger partial charge is 0.388 e. The van der Waals surface area contributed by atoms with E-state index in [2.05, 4.69) is 5.32 Å². The van der Waals surface area contributed by atoms with Crippen molar-refractivity contribution in [2.75, 3.05) is 0 Å². The molecule has 112 valence electrons. The highest BCUT2D eigenvalue weighted by Crippen LogP contribution is 2.24. The molecule has 0 aromatic carbocycles. The first kappa shape index (κ1) is 16.4. The lowest BCUT2D eigenvalue weighted by molar-refractivity contribution is -0.273. The van der Waals surface area contributed by atoms with Crippen molar-refractivity contribution in [1.82, 2.24) is 5.32 Å². The van der Waals surface area contributed by atoms with E-state index in [0.717, 1.165) is 0 Å². The van der Waals surface area contributed by atoms with Crippen LogP contribution in [0.1, 0.15) is 40.5 Å². The van der Waals surface area contributed by atoms with Gasteiger partial charge in [0, 0.05) is 6.42 Å². The van der Waals surface area contributed by atoms with Crippen molar-refractivity contribution in [3.8, 4) is 0 Å². The topological polar surface area (TPSA) is 88.0 Å². The number of aliphatic hydroxyl groups is 2. The van der Waals surface area contributed by atoms with Crippen LogP contribution in [0.5, 0.6) is 0 Å². The third-order valence-electron chi connectivity index (χ3n) is 3.16. The van der Waals surface area contributed by atoms with Gasteiger partial charge in [0.25, 0.3) is 0 Å². The van der Waals surface area contributed by atoms with Crippen molar-refractivity contribution in [2.45, 2.75) is 77.3 Å². The molecule has 0 aromatic heterocycles. The molecule has 6 heteroatoms. The van der Waals surface area contributed by atoms with Crippen LogP contribution in [0.2, 0.25) is 0 Å². The number of nitrogens with one attached hydrogen (secondary N) is 1. The average Bonchev–Trinajstić information content (AvgIpc) is 2.37. The van der Waals surface area contributed by atoms with E-state index < -0.39 is 30.6 Å². The number of ether oxygens (including phenoxy) is 2. The zero-order valence-corrected chi connectivity index (χ0v) is 12.0. The van der Waals surface area contributed by atoms with Gasteiger partial charge in [0.2, 0.25) is 5.91 Å². The van der Waals surface area contributed by atoms with E-state index in [4.69, 9.17) is 9.47 Å². The molecule has 5 atom stereocenters. The Kier molecular flexibility index (Phi) is 6.19. The first-order valence-electron chi connectivity index (χ1n) is 6.87. The van der Waals surface area contributed by atoms with Crippen LogP contribution < -0.4 is 5.32 Å². The maximum absolute atomic E-state index is 11.5. The Morgan fingerprint density at radius 1 is 1.32 bits per heavy atom. The van der Waals surface area contributed by atoms with Crippen LogP contribution in [0.15, 0.2) is 0 Å². The smallest absolute Gasteiger partial charge is 0.220 e. The fourth-order valence-corrected chi connectivity index (χ4v) is 2.09. The Hall–Kier alpha value is -0.690. The Morgan fingerprint density at radius 2 is 1.95 bits per heavy atom. The summed E-state index contributed by atoms with van der Waals surface area (Å²) < 4.78 is 11.2. The minimum absolute atomic E-state index is 0.106. The van der Waals surface area contributed by atoms with Gasteiger partial charge in [-0.05, 0) is 20.3 Å². The van der Waals surface area contributed by atoms with Gasteiger partial charge in [0.05, 0.1) is 12.2 Å². The van der Waals surface area contributed by atoms with Gasteiger partial charge in [-0.25, -0.2) is 0 Å². The summed E-state index contributed by atoms with van der Waals surface area (Å²) in [5, 5.41) is 22.8. The molecular weight excluding hydrogens is 250 g/mol. The summed E-state index contributed by atoms with van der Waals surface area (Å²) in [5.74, 6) is -0.216. The van der Waals surface area contributed by atoms with E-state index in [1.54, 1.807) is 6.92 Å². The first-order chi connectivity index (χ1) is 8.90. The Bertz CT molecular complexity index is 297. The highest BCUT2D eigenvalue weighted by atomic mass is 16.7. The molecule has 1 saturated heterocycles. The molecule has 0 aromatic rings. The number of rotatable bonds is 5. The standard InChI is InChI=1S/C13H25NO5/c1-5-8-11(16)12(17)10(14-9(15)6-2)13(19-8)18-7(3)4/h7-8,10-13,16-17H,5-6H2,1-4H3,(H,14,15)/t8-,10-,11+,12-,13?/m1/s1. The van der Waals surface area contributed by atoms with E-state index >= 15 is 0 Å². The van der Waals surface area contributed by atoms with E-state index in [1.807, 2.05) is 20.8 Å². The molecule has 1 unspecified atom stereocenters. The van der Waals surface area contributed by atoms with Crippen molar-refractivity contribution in [3.63, 3.8) is 0 Å². The maximum Gasteiger partial charge on any atom is 0.220 e. The quantitative estimate of drug-likeness (QED) is 0.665. The van der Waals surface area contributed by atoms with Crippen LogP contribution in [0, 0.1) is 0 Å². The molecule has 1 rings (SSSR count). The van der Waals surface area contributed by atoms with Gasteiger partial charge in [-0.15, -0.1) is 0 Å². The lowest BCUT2D eigenvalue weighted by Crippen LogP contribution is -2.64. The zero-order valence-electron chi connectivity index (χ0n) is 12.0. The number of hydrogen-bond acceptors (Lipinski definition) is 5. The van der Waals surface area contributed by atoms with E-state index in [9.17, 15) is 15.0 Å². The minimum atomic E-state index is -1.10. The summed E-state index contributed by atoms with van der Waals surface area (Å²) in [6.45, 7) is 7.27. The normalized spacial score (nSPS) is 35.4. The molecule has 0 bridgehead atoms. The van der Waals surface area contributed by atoms with E-state index in [0.29, 0.717) is 12.8 Å². The summed E-state index contributed by atoms with van der Waals surface area (Å²) in [6.07, 6.45) is -2.62. The summed E-state index contributed by atoms with van der Waals surface area (Å²) in [4.78, 5) is 11.5. The molecular formula is C13H25NO5. The van der Waals surface area contributed by atoms with Crippen molar-refractivity contribution in [3.05, 3.63) is 0 Å². The fraction of sp³-hybridized carbons (Fsp3) is 0.923. The Morgan fingerprint density at radius 3 is 2.42 bits per heavy atom. The molecule has 3 N–H and O–H groups in total. The van der Waals surface area contributed by atoms with Crippen LogP contribution in [0.25, 0.3) is 0 Å². The summed E-state index contributed by atoms with van der Waals surface area (Å²) >= 11 is 0. The number of carbonyl (C=O) groups excluding carboxylic acids is 1. The number of amides is 1. The average molecular weight is 275 g/mol. The molecule has 1 amide bonds. The number of hydrogen-bond donors (Lipinski definition) is 3. The lowest BCUT2D eigenvalue weighted by atomic mass is 9.95. The third-order valence-corrected chi connectivity index (χ3v) is 3.16. The molecule has 0 aliphatic carbocycles. The molecule has 0 radical (unpaired) electrons. The van der Waals surface area contributed by atoms with Crippen molar-refractivity contribution >= 4 is 5.91 Å². The van der Waals surface area contributed by atoms with E-state index in [-0.39, 0.29) is 12.0 Å². The molecule has 1 aliphatic heterocycles. The lowest BCUT2D eigenvalue weighted by Gasteiger charge is -2.43. The highest BCUT2D eigenvalue weighted by molar-refractivity contribution is 5.76. The molecule has 0 saturated carbocycles. The molecule has 6 nitrogen and oxygen atoms in total. The monoisotopic (exact) mass is 275 g/mol. The van der Waals surface area contributed by atoms with Gasteiger partial charge in [-0.2, -0.15) is 0 Å². The van der Waals surface area contributed by atoms with Gasteiger partial charge in [0.1, 0.15) is 18.2 Å². The second kappa shape index (κ2) is 7.19. The van der Waals surface area contributed by atoms with Crippen molar-refractivity contribution in [1.29, 1.82) is 0 Å². The van der Waals surface area contributed by atoms with Gasteiger partial charge in [-0.3, -0.25) is 4.79 Å². The molecule has 0 spiro atoms. The molecule has 1 aliphatic rings. The molecule has 1 heterocycles. The zero-order chi connectivity index (χ0) is 14.6. The van der Waals surface area contributed by atoms with Gasteiger partial charge in [0.15, 0.2) is 6.29 Å². The molecule has 1 fully saturated rings. The third kappa shape index (κ3) is 4.14. The SMILES string of the molecule is CCC(=O)N[C@H]1C(OC(C)C)O[C@H](CC)[C@H](O)[C@@H]1O. The number of aliphatic hydroxyl groups excluding tert-OH is 2. The van der Waals surface area contributed by atoms with Crippen molar-refractivity contribution in [2.24, 2.45) is 0 Å². The number of carbonyl (C=O) groups is 1. The summed E-state index contributed by atoms with van der Waals surface area (Å²) in [7, 11) is 0.